The van der Waals surface area contributed by atoms with Crippen LogP contribution in [0.25, 0.3) is 10.9 Å². The smallest absolute Gasteiger partial charge is 0.0708 e. The highest BCUT2D eigenvalue weighted by Gasteiger charge is 2.14. The van der Waals surface area contributed by atoms with Crippen LogP contribution in [0.4, 0.5) is 0 Å². The van der Waals surface area contributed by atoms with Crippen LogP contribution in [0, 0.1) is 12.3 Å². The summed E-state index contributed by atoms with van der Waals surface area (Å²) < 4.78 is 0. The highest BCUT2D eigenvalue weighted by atomic mass is 14.9. The minimum absolute atomic E-state index is 0.359. The van der Waals surface area contributed by atoms with E-state index in [4.69, 9.17) is 0 Å². The molecule has 2 nitrogen and oxygen atoms in total. The standard InChI is InChI=1S/C17H24N2/c1-5-17(3,4)12-18-11-14-10-13(2)19-16-9-7-6-8-15(14)16/h6-10,18H,5,11-12H2,1-4H3. The molecule has 0 saturated heterocycles. The van der Waals surface area contributed by atoms with Gasteiger partial charge in [0.15, 0.2) is 0 Å². The predicted octanol–water partition coefficient (Wildman–Crippen LogP) is 4.07. The van der Waals surface area contributed by atoms with E-state index < -0.39 is 0 Å². The highest BCUT2D eigenvalue weighted by Crippen LogP contribution is 2.20. The summed E-state index contributed by atoms with van der Waals surface area (Å²) in [5, 5.41) is 4.84. The molecular formula is C17H24N2. The van der Waals surface area contributed by atoms with Crippen LogP contribution in [0.3, 0.4) is 0 Å². The number of nitrogens with one attached hydrogen (secondary N) is 1. The molecular weight excluding hydrogens is 232 g/mol. The summed E-state index contributed by atoms with van der Waals surface area (Å²) in [6.45, 7) is 10.9. The van der Waals surface area contributed by atoms with Crippen molar-refractivity contribution in [3.8, 4) is 0 Å². The average molecular weight is 256 g/mol. The number of pyridine rings is 1. The Kier molecular flexibility index (Phi) is 4.20. The minimum atomic E-state index is 0.359. The van der Waals surface area contributed by atoms with Crippen molar-refractivity contribution < 1.29 is 0 Å². The summed E-state index contributed by atoms with van der Waals surface area (Å²) >= 11 is 0. The third kappa shape index (κ3) is 3.54. The Bertz CT molecular complexity index is 558. The van der Waals surface area contributed by atoms with E-state index in [1.54, 1.807) is 0 Å². The first kappa shape index (κ1) is 14.0. The molecule has 0 amide bonds. The summed E-state index contributed by atoms with van der Waals surface area (Å²) in [5.74, 6) is 0. The Morgan fingerprint density at radius 3 is 2.68 bits per heavy atom. The van der Waals surface area contributed by atoms with Crippen molar-refractivity contribution in [2.75, 3.05) is 6.54 Å². The predicted molar refractivity (Wildman–Crippen MR) is 82.3 cm³/mol. The average Bonchev–Trinajstić information content (AvgIpc) is 2.38. The van der Waals surface area contributed by atoms with Gasteiger partial charge in [-0.15, -0.1) is 0 Å². The second-order valence-electron chi connectivity index (χ2n) is 6.06. The van der Waals surface area contributed by atoms with Crippen LogP contribution in [0.2, 0.25) is 0 Å². The second kappa shape index (κ2) is 5.70. The van der Waals surface area contributed by atoms with Gasteiger partial charge in [0.25, 0.3) is 0 Å². The lowest BCUT2D eigenvalue weighted by Gasteiger charge is -2.23. The molecule has 0 saturated carbocycles. The topological polar surface area (TPSA) is 24.9 Å². The second-order valence-corrected chi connectivity index (χ2v) is 6.06. The number of benzene rings is 1. The summed E-state index contributed by atoms with van der Waals surface area (Å²) in [5.41, 5.74) is 3.88. The van der Waals surface area contributed by atoms with Crippen molar-refractivity contribution >= 4 is 10.9 Å². The zero-order valence-corrected chi connectivity index (χ0v) is 12.5. The maximum absolute atomic E-state index is 4.58. The van der Waals surface area contributed by atoms with E-state index in [0.29, 0.717) is 5.41 Å². The van der Waals surface area contributed by atoms with Crippen LogP contribution in [0.15, 0.2) is 30.3 Å². The molecule has 1 aromatic carbocycles. The SMILES string of the molecule is CCC(C)(C)CNCc1cc(C)nc2ccccc12. The molecule has 1 N–H and O–H groups in total. The van der Waals surface area contributed by atoms with E-state index in [2.05, 4.69) is 62.3 Å². The molecule has 0 fully saturated rings. The molecule has 2 rings (SSSR count). The van der Waals surface area contributed by atoms with E-state index in [1.165, 1.54) is 17.4 Å². The van der Waals surface area contributed by atoms with Crippen molar-refractivity contribution in [3.05, 3.63) is 41.6 Å². The molecule has 2 aromatic rings. The van der Waals surface area contributed by atoms with Crippen molar-refractivity contribution in [1.29, 1.82) is 0 Å². The first-order valence-corrected chi connectivity index (χ1v) is 7.08. The van der Waals surface area contributed by atoms with Gasteiger partial charge in [-0.2, -0.15) is 0 Å². The first-order valence-electron chi connectivity index (χ1n) is 7.08. The van der Waals surface area contributed by atoms with Gasteiger partial charge in [-0.25, -0.2) is 0 Å². The third-order valence-corrected chi connectivity index (χ3v) is 3.81. The number of hydrogen-bond donors (Lipinski definition) is 1. The van der Waals surface area contributed by atoms with Gasteiger partial charge in [0, 0.05) is 24.2 Å². The number of aryl methyl sites for hydroxylation is 1. The molecule has 0 unspecified atom stereocenters. The van der Waals surface area contributed by atoms with Crippen molar-refractivity contribution in [2.45, 2.75) is 40.7 Å². The van der Waals surface area contributed by atoms with Crippen LogP contribution in [-0.4, -0.2) is 11.5 Å². The van der Waals surface area contributed by atoms with Gasteiger partial charge in [0.2, 0.25) is 0 Å². The van der Waals surface area contributed by atoms with Crippen LogP contribution < -0.4 is 5.32 Å². The van der Waals surface area contributed by atoms with Crippen molar-refractivity contribution in [3.63, 3.8) is 0 Å². The van der Waals surface area contributed by atoms with Crippen molar-refractivity contribution in [1.82, 2.24) is 10.3 Å². The van der Waals surface area contributed by atoms with Crippen molar-refractivity contribution in [2.24, 2.45) is 5.41 Å². The van der Waals surface area contributed by atoms with Crippen LogP contribution in [-0.2, 0) is 6.54 Å². The van der Waals surface area contributed by atoms with Gasteiger partial charge in [0.1, 0.15) is 0 Å². The Balaban J connectivity index is 2.16. The molecule has 0 aliphatic heterocycles. The summed E-state index contributed by atoms with van der Waals surface area (Å²) in [4.78, 5) is 4.58. The molecule has 0 spiro atoms. The van der Waals surface area contributed by atoms with Gasteiger partial charge in [-0.05, 0) is 36.5 Å². The molecule has 2 heteroatoms. The van der Waals surface area contributed by atoms with Gasteiger partial charge in [-0.1, -0.05) is 39.0 Å². The number of hydrogen-bond acceptors (Lipinski definition) is 2. The fourth-order valence-electron chi connectivity index (χ4n) is 2.20. The number of fused-ring (bicyclic) bond motifs is 1. The number of nitrogens with zero attached hydrogens (tertiary/aromatic N) is 1. The lowest BCUT2D eigenvalue weighted by atomic mass is 9.90. The van der Waals surface area contributed by atoms with Gasteiger partial charge in [0.05, 0.1) is 5.52 Å². The molecule has 1 heterocycles. The van der Waals surface area contributed by atoms with E-state index in [9.17, 15) is 0 Å². The van der Waals surface area contributed by atoms with Crippen LogP contribution in [0.1, 0.15) is 38.4 Å². The summed E-state index contributed by atoms with van der Waals surface area (Å²) in [7, 11) is 0. The number of para-hydroxylation sites is 1. The zero-order valence-electron chi connectivity index (χ0n) is 12.5. The molecule has 0 bridgehead atoms. The first-order chi connectivity index (χ1) is 9.02. The van der Waals surface area contributed by atoms with E-state index in [-0.39, 0.29) is 0 Å². The largest absolute Gasteiger partial charge is 0.312 e. The summed E-state index contributed by atoms with van der Waals surface area (Å²) in [6, 6.07) is 10.6. The third-order valence-electron chi connectivity index (χ3n) is 3.81. The number of rotatable bonds is 5. The van der Waals surface area contributed by atoms with E-state index in [0.717, 1.165) is 24.3 Å². The molecule has 0 aliphatic rings. The van der Waals surface area contributed by atoms with Gasteiger partial charge in [-0.3, -0.25) is 4.98 Å². The lowest BCUT2D eigenvalue weighted by Crippen LogP contribution is -2.28. The van der Waals surface area contributed by atoms with Gasteiger partial charge < -0.3 is 5.32 Å². The fourth-order valence-corrected chi connectivity index (χ4v) is 2.20. The molecule has 1 aromatic heterocycles. The molecule has 0 aliphatic carbocycles. The van der Waals surface area contributed by atoms with Crippen LogP contribution >= 0.6 is 0 Å². The monoisotopic (exact) mass is 256 g/mol. The lowest BCUT2D eigenvalue weighted by molar-refractivity contribution is 0.328. The molecule has 0 radical (unpaired) electrons. The molecule has 102 valence electrons. The maximum atomic E-state index is 4.58. The Hall–Kier alpha value is -1.41. The van der Waals surface area contributed by atoms with E-state index in [1.807, 2.05) is 6.07 Å². The Labute approximate surface area is 116 Å². The molecule has 19 heavy (non-hydrogen) atoms. The normalized spacial score (nSPS) is 12.0. The fraction of sp³-hybridized carbons (Fsp3) is 0.471. The van der Waals surface area contributed by atoms with Crippen LogP contribution in [0.5, 0.6) is 0 Å². The highest BCUT2D eigenvalue weighted by molar-refractivity contribution is 5.82. The minimum Gasteiger partial charge on any atom is -0.312 e. The summed E-state index contributed by atoms with van der Waals surface area (Å²) in [6.07, 6.45) is 1.19. The zero-order chi connectivity index (χ0) is 13.9. The van der Waals surface area contributed by atoms with Gasteiger partial charge >= 0.3 is 0 Å². The Morgan fingerprint density at radius 2 is 1.95 bits per heavy atom. The quantitative estimate of drug-likeness (QED) is 0.872. The molecule has 0 atom stereocenters. The Morgan fingerprint density at radius 1 is 1.21 bits per heavy atom. The maximum Gasteiger partial charge on any atom is 0.0708 e. The number of aromatic nitrogens is 1. The van der Waals surface area contributed by atoms with E-state index >= 15 is 0 Å².